The van der Waals surface area contributed by atoms with E-state index in [-0.39, 0.29) is 6.04 Å². The lowest BCUT2D eigenvalue weighted by Gasteiger charge is -2.27. The van der Waals surface area contributed by atoms with Gasteiger partial charge in [0.1, 0.15) is 0 Å². The van der Waals surface area contributed by atoms with Crippen LogP contribution in [-0.4, -0.2) is 74.3 Å². The fourth-order valence-electron chi connectivity index (χ4n) is 1.94. The van der Waals surface area contributed by atoms with Crippen LogP contribution in [0.2, 0.25) is 0 Å². The number of halogens is 2. The first kappa shape index (κ1) is 18.5. The van der Waals surface area contributed by atoms with Crippen molar-refractivity contribution in [2.24, 2.45) is 0 Å². The third-order valence-electron chi connectivity index (χ3n) is 3.01. The van der Waals surface area contributed by atoms with Crippen molar-refractivity contribution in [3.63, 3.8) is 0 Å². The van der Waals surface area contributed by atoms with E-state index in [1.165, 1.54) is 3.94 Å². The van der Waals surface area contributed by atoms with Crippen molar-refractivity contribution in [3.8, 4) is 0 Å². The van der Waals surface area contributed by atoms with Gasteiger partial charge in [-0.05, 0) is 49.2 Å². The zero-order valence-electron chi connectivity index (χ0n) is 12.9. The molecule has 0 aromatic heterocycles. The fraction of sp³-hybridized carbons (Fsp3) is 1.00. The molecule has 5 heteroatoms. The van der Waals surface area contributed by atoms with E-state index in [4.69, 9.17) is 23.6 Å². The van der Waals surface area contributed by atoms with Crippen molar-refractivity contribution >= 4 is 23.6 Å². The smallest absolute Gasteiger partial charge is 0.0781 e. The van der Waals surface area contributed by atoms with E-state index in [2.05, 4.69) is 42.3 Å². The summed E-state index contributed by atoms with van der Waals surface area (Å²) in [7, 11) is 13.3. The predicted octanol–water partition coefficient (Wildman–Crippen LogP) is 2.94. The monoisotopic (exact) mass is 299 g/mol. The molecular weight excluding hydrogens is 269 g/mol. The van der Waals surface area contributed by atoms with Gasteiger partial charge in [0.2, 0.25) is 0 Å². The van der Waals surface area contributed by atoms with Crippen LogP contribution in [-0.2, 0) is 0 Å². The van der Waals surface area contributed by atoms with Crippen molar-refractivity contribution in [1.29, 1.82) is 0 Å². The zero-order valence-corrected chi connectivity index (χ0v) is 14.4. The van der Waals surface area contributed by atoms with E-state index in [1.54, 1.807) is 0 Å². The molecule has 0 rings (SSSR count). The lowest BCUT2D eigenvalue weighted by Crippen LogP contribution is -2.37. The summed E-state index contributed by atoms with van der Waals surface area (Å²) in [6.07, 6.45) is 4.46. The third kappa shape index (κ3) is 11.5. The predicted molar refractivity (Wildman–Crippen MR) is 81.6 cm³/mol. The maximum Gasteiger partial charge on any atom is 0.0781 e. The summed E-state index contributed by atoms with van der Waals surface area (Å²) in [4.78, 5) is 0. The van der Waals surface area contributed by atoms with Gasteiger partial charge in [-0.2, -0.15) is 0 Å². The van der Waals surface area contributed by atoms with Crippen molar-refractivity contribution < 1.29 is 8.97 Å². The van der Waals surface area contributed by atoms with E-state index in [9.17, 15) is 0 Å². The van der Waals surface area contributed by atoms with Crippen molar-refractivity contribution in [2.45, 2.75) is 31.7 Å². The molecule has 0 aliphatic carbocycles. The molecule has 0 spiro atoms. The molecule has 18 heavy (non-hydrogen) atoms. The van der Waals surface area contributed by atoms with E-state index in [0.717, 1.165) is 47.7 Å². The summed E-state index contributed by atoms with van der Waals surface area (Å²) < 4.78 is 3.34. The van der Waals surface area contributed by atoms with Crippen LogP contribution in [0.1, 0.15) is 25.7 Å². The van der Waals surface area contributed by atoms with Crippen LogP contribution >= 0.6 is 23.6 Å². The zero-order chi connectivity index (χ0) is 14.4. The van der Waals surface area contributed by atoms with E-state index < -0.39 is 0 Å². The Balaban J connectivity index is 3.94. The van der Waals surface area contributed by atoms with Gasteiger partial charge in [-0.15, -0.1) is 3.94 Å². The number of hydrogen-bond acceptors (Lipinski definition) is 1. The van der Waals surface area contributed by atoms with Gasteiger partial charge in [-0.25, -0.2) is 0 Å². The van der Waals surface area contributed by atoms with Gasteiger partial charge >= 0.3 is 0 Å². The first-order valence-electron chi connectivity index (χ1n) is 6.73. The summed E-state index contributed by atoms with van der Waals surface area (Å²) in [5.41, 5.74) is 0. The van der Waals surface area contributed by atoms with Crippen LogP contribution in [0.15, 0.2) is 0 Å². The Morgan fingerprint density at radius 1 is 0.778 bits per heavy atom. The molecule has 0 atom stereocenters. The topological polar surface area (TPSA) is 3.24 Å². The van der Waals surface area contributed by atoms with Crippen LogP contribution in [0.3, 0.4) is 0 Å². The Bertz CT molecular complexity index is 199. The molecule has 0 amide bonds. The molecule has 0 saturated carbocycles. The lowest BCUT2D eigenvalue weighted by molar-refractivity contribution is -0.870. The molecule has 0 N–H and O–H groups in total. The Morgan fingerprint density at radius 2 is 1.11 bits per heavy atom. The maximum absolute atomic E-state index is 5.93. The maximum atomic E-state index is 5.93. The quantitative estimate of drug-likeness (QED) is 0.467. The molecule has 0 radical (unpaired) electrons. The largest absolute Gasteiger partial charge is 0.331 e. The Morgan fingerprint density at radius 3 is 1.33 bits per heavy atom. The normalized spacial score (nSPS) is 13.7. The Kier molecular flexibility index (Phi) is 8.11. The van der Waals surface area contributed by atoms with Crippen LogP contribution in [0, 0.1) is 0 Å². The molecule has 0 bridgehead atoms. The molecule has 0 aliphatic heterocycles. The highest BCUT2D eigenvalue weighted by Crippen LogP contribution is 2.19. The molecule has 110 valence electrons. The number of nitrogens with zero attached hydrogens (tertiary/aromatic N) is 3. The summed E-state index contributed by atoms with van der Waals surface area (Å²) in [6.45, 7) is 2.32. The van der Waals surface area contributed by atoms with Crippen molar-refractivity contribution in [3.05, 3.63) is 0 Å². The molecule has 0 aliphatic rings. The number of quaternary nitrogens is 2. The van der Waals surface area contributed by atoms with Gasteiger partial charge in [0.05, 0.1) is 55.4 Å². The van der Waals surface area contributed by atoms with Crippen LogP contribution in [0.25, 0.3) is 0 Å². The van der Waals surface area contributed by atoms with Gasteiger partial charge in [-0.3, -0.25) is 0 Å². The van der Waals surface area contributed by atoms with Crippen LogP contribution < -0.4 is 0 Å². The molecule has 3 nitrogen and oxygen atoms in total. The minimum Gasteiger partial charge on any atom is -0.331 e. The standard InChI is InChI=1S/C13H31Cl2N3/c1-17(2,3)11-7-9-13(16(14)15)10-8-12-18(4,5)6/h13H,7-12H2,1-6H3/q+2. The third-order valence-corrected chi connectivity index (χ3v) is 3.56. The first-order chi connectivity index (χ1) is 8.01. The molecule has 0 fully saturated rings. The van der Waals surface area contributed by atoms with Gasteiger partial charge in [0, 0.05) is 6.04 Å². The summed E-state index contributed by atoms with van der Waals surface area (Å²) in [5, 5.41) is 0. The molecule has 0 aromatic carbocycles. The molecule has 0 aromatic rings. The van der Waals surface area contributed by atoms with Gasteiger partial charge in [0.25, 0.3) is 0 Å². The van der Waals surface area contributed by atoms with Gasteiger partial charge in [0.15, 0.2) is 0 Å². The minimum atomic E-state index is 0.284. The van der Waals surface area contributed by atoms with Crippen molar-refractivity contribution in [1.82, 2.24) is 3.94 Å². The average molecular weight is 300 g/mol. The van der Waals surface area contributed by atoms with Crippen molar-refractivity contribution in [2.75, 3.05) is 55.4 Å². The second kappa shape index (κ2) is 7.91. The molecule has 0 saturated heterocycles. The average Bonchev–Trinajstić information content (AvgIpc) is 2.11. The summed E-state index contributed by atoms with van der Waals surface area (Å²) >= 11 is 11.9. The van der Waals surface area contributed by atoms with Gasteiger partial charge < -0.3 is 8.97 Å². The second-order valence-corrected chi connectivity index (χ2v) is 8.13. The Labute approximate surface area is 124 Å². The number of rotatable bonds is 9. The summed E-state index contributed by atoms with van der Waals surface area (Å²) in [5.74, 6) is 0. The molecule has 0 heterocycles. The lowest BCUT2D eigenvalue weighted by atomic mass is 10.1. The minimum absolute atomic E-state index is 0.284. The van der Waals surface area contributed by atoms with E-state index >= 15 is 0 Å². The molecular formula is C13H31Cl2N3+2. The second-order valence-electron chi connectivity index (χ2n) is 7.23. The van der Waals surface area contributed by atoms with E-state index in [1.807, 2.05) is 0 Å². The number of hydrogen-bond donors (Lipinski definition) is 0. The summed E-state index contributed by atoms with van der Waals surface area (Å²) in [6, 6.07) is 0.284. The van der Waals surface area contributed by atoms with Crippen LogP contribution in [0.4, 0.5) is 0 Å². The van der Waals surface area contributed by atoms with Crippen LogP contribution in [0.5, 0.6) is 0 Å². The molecule has 0 unspecified atom stereocenters. The fourth-order valence-corrected chi connectivity index (χ4v) is 2.33. The highest BCUT2D eigenvalue weighted by atomic mass is 35.5. The highest BCUT2D eigenvalue weighted by molar-refractivity contribution is 6.33. The van der Waals surface area contributed by atoms with E-state index in [0.29, 0.717) is 0 Å². The SMILES string of the molecule is C[N+](C)(C)CCCC(CCC[N+](C)(C)C)N(Cl)Cl. The first-order valence-corrected chi connectivity index (χ1v) is 7.40. The Hall–Kier alpha value is 0.460. The highest BCUT2D eigenvalue weighted by Gasteiger charge is 2.18. The van der Waals surface area contributed by atoms with Gasteiger partial charge in [-0.1, -0.05) is 0 Å².